The molecule has 0 N–H and O–H groups in total. The molecule has 0 atom stereocenters. The van der Waals surface area contributed by atoms with Crippen LogP contribution < -0.4 is 4.74 Å². The molecule has 2 aromatic carbocycles. The van der Waals surface area contributed by atoms with Crippen molar-refractivity contribution >= 4 is 0 Å². The molecule has 0 spiro atoms. The Morgan fingerprint density at radius 1 is 0.680 bits per heavy atom. The quantitative estimate of drug-likeness (QED) is 0.562. The predicted molar refractivity (Wildman–Crippen MR) is 68.6 cm³/mol. The average Bonchev–Trinajstić information content (AvgIpc) is 2.43. The summed E-state index contributed by atoms with van der Waals surface area (Å²) in [6, 6.07) is 4.42. The van der Waals surface area contributed by atoms with Crippen LogP contribution in [0.4, 0.5) is 39.5 Å². The highest BCUT2D eigenvalue weighted by molar-refractivity contribution is 5.70. The summed E-state index contributed by atoms with van der Waals surface area (Å²) in [7, 11) is 0. The molecule has 0 radical (unpaired) electrons. The van der Waals surface area contributed by atoms with Gasteiger partial charge in [0.2, 0.25) is 0 Å². The van der Waals surface area contributed by atoms with Gasteiger partial charge in [-0.15, -0.1) is 13.2 Å². The number of alkyl halides is 9. The second-order valence-corrected chi connectivity index (χ2v) is 4.83. The zero-order valence-electron chi connectivity index (χ0n) is 11.9. The lowest BCUT2D eigenvalue weighted by atomic mass is 9.96. The largest absolute Gasteiger partial charge is 0.573 e. The van der Waals surface area contributed by atoms with Crippen LogP contribution in [0.5, 0.6) is 5.75 Å². The molecule has 0 unspecified atom stereocenters. The fourth-order valence-electron chi connectivity index (χ4n) is 2.07. The van der Waals surface area contributed by atoms with Gasteiger partial charge < -0.3 is 4.74 Å². The van der Waals surface area contributed by atoms with Gasteiger partial charge in [-0.3, -0.25) is 0 Å². The van der Waals surface area contributed by atoms with E-state index in [0.717, 1.165) is 18.2 Å². The van der Waals surface area contributed by atoms with E-state index in [-0.39, 0.29) is 11.6 Å². The van der Waals surface area contributed by atoms with E-state index in [1.165, 1.54) is 0 Å². The van der Waals surface area contributed by atoms with Gasteiger partial charge in [0.15, 0.2) is 0 Å². The number of hydrogen-bond donors (Lipinski definition) is 0. The molecule has 0 aliphatic rings. The van der Waals surface area contributed by atoms with E-state index in [1.54, 1.807) is 0 Å². The van der Waals surface area contributed by atoms with Gasteiger partial charge in [0.1, 0.15) is 5.75 Å². The molecule has 0 aliphatic heterocycles. The highest BCUT2D eigenvalue weighted by Gasteiger charge is 2.38. The van der Waals surface area contributed by atoms with Crippen LogP contribution >= 0.6 is 0 Å². The number of hydrogen-bond acceptors (Lipinski definition) is 1. The van der Waals surface area contributed by atoms with Gasteiger partial charge >= 0.3 is 18.7 Å². The molecule has 2 aromatic rings. The van der Waals surface area contributed by atoms with Gasteiger partial charge in [-0.1, -0.05) is 18.2 Å². The summed E-state index contributed by atoms with van der Waals surface area (Å²) in [4.78, 5) is 0. The van der Waals surface area contributed by atoms with Crippen molar-refractivity contribution in [2.24, 2.45) is 0 Å². The molecule has 1 nitrogen and oxygen atoms in total. The molecule has 136 valence electrons. The molecule has 0 fully saturated rings. The topological polar surface area (TPSA) is 9.23 Å². The minimum Gasteiger partial charge on any atom is -0.406 e. The van der Waals surface area contributed by atoms with Crippen molar-refractivity contribution in [3.8, 4) is 16.9 Å². The van der Waals surface area contributed by atoms with E-state index in [4.69, 9.17) is 0 Å². The van der Waals surface area contributed by atoms with Crippen molar-refractivity contribution in [3.05, 3.63) is 53.6 Å². The van der Waals surface area contributed by atoms with Gasteiger partial charge in [0.05, 0.1) is 11.1 Å². The van der Waals surface area contributed by atoms with Gasteiger partial charge in [-0.25, -0.2) is 0 Å². The van der Waals surface area contributed by atoms with Gasteiger partial charge in [0, 0.05) is 0 Å². The Kier molecular flexibility index (Phi) is 4.67. The molecule has 10 heteroatoms. The fourth-order valence-corrected chi connectivity index (χ4v) is 2.07. The van der Waals surface area contributed by atoms with Crippen molar-refractivity contribution in [2.75, 3.05) is 0 Å². The molecule has 2 rings (SSSR count). The monoisotopic (exact) mass is 374 g/mol. The predicted octanol–water partition coefficient (Wildman–Crippen LogP) is 6.29. The minimum absolute atomic E-state index is 0.0907. The van der Waals surface area contributed by atoms with Crippen LogP contribution in [0.1, 0.15) is 11.1 Å². The fraction of sp³-hybridized carbons (Fsp3) is 0.200. The zero-order valence-corrected chi connectivity index (χ0v) is 11.9. The minimum atomic E-state index is -5.14. The lowest BCUT2D eigenvalue weighted by molar-refractivity contribution is -0.274. The van der Waals surface area contributed by atoms with Crippen molar-refractivity contribution < 1.29 is 44.3 Å². The molecule has 0 aromatic heterocycles. The van der Waals surface area contributed by atoms with Crippen LogP contribution in [0.15, 0.2) is 42.5 Å². The second kappa shape index (κ2) is 6.16. The van der Waals surface area contributed by atoms with Crippen LogP contribution in [-0.2, 0) is 12.4 Å². The Hall–Kier alpha value is -2.39. The first-order valence-corrected chi connectivity index (χ1v) is 6.42. The molecule has 0 heterocycles. The third kappa shape index (κ3) is 4.80. The van der Waals surface area contributed by atoms with Crippen LogP contribution in [0.25, 0.3) is 11.1 Å². The van der Waals surface area contributed by atoms with Crippen LogP contribution in [0.3, 0.4) is 0 Å². The highest BCUT2D eigenvalue weighted by Crippen LogP contribution is 2.41. The summed E-state index contributed by atoms with van der Waals surface area (Å²) >= 11 is 0. The maximum atomic E-state index is 13.1. The maximum absolute atomic E-state index is 13.1. The van der Waals surface area contributed by atoms with Crippen LogP contribution in [0.2, 0.25) is 0 Å². The third-order valence-electron chi connectivity index (χ3n) is 3.03. The zero-order chi connectivity index (χ0) is 19.0. The summed E-state index contributed by atoms with van der Waals surface area (Å²) in [5.74, 6) is -0.793. The second-order valence-electron chi connectivity index (χ2n) is 4.83. The first-order valence-electron chi connectivity index (χ1n) is 6.42. The molecule has 25 heavy (non-hydrogen) atoms. The Morgan fingerprint density at radius 3 is 1.84 bits per heavy atom. The van der Waals surface area contributed by atoms with Crippen molar-refractivity contribution in [2.45, 2.75) is 18.7 Å². The van der Waals surface area contributed by atoms with Crippen LogP contribution in [0, 0.1) is 0 Å². The van der Waals surface area contributed by atoms with Crippen molar-refractivity contribution in [1.29, 1.82) is 0 Å². The molecule has 0 saturated heterocycles. The standard InChI is InChI=1S/C15H7F9O/c16-13(17,18)9-4-5-11(12(7-9)14(19,20)21)8-2-1-3-10(6-8)25-15(22,23)24/h1-7H. The van der Waals surface area contributed by atoms with Gasteiger partial charge in [0.25, 0.3) is 0 Å². The van der Waals surface area contributed by atoms with Crippen molar-refractivity contribution in [3.63, 3.8) is 0 Å². The Bertz CT molecular complexity index is 757. The number of ether oxygens (including phenoxy) is 1. The first kappa shape index (κ1) is 18.9. The molecule has 0 bridgehead atoms. The highest BCUT2D eigenvalue weighted by atomic mass is 19.4. The lowest BCUT2D eigenvalue weighted by Crippen LogP contribution is -2.17. The summed E-state index contributed by atoms with van der Waals surface area (Å²) in [6.07, 6.45) is -15.2. The molecular formula is C15H7F9O. The SMILES string of the molecule is FC(F)(F)Oc1cccc(-c2ccc(C(F)(F)F)cc2C(F)(F)F)c1. The van der Waals surface area contributed by atoms with Gasteiger partial charge in [-0.05, 0) is 35.4 Å². The van der Waals surface area contributed by atoms with Crippen LogP contribution in [-0.4, -0.2) is 6.36 Å². The maximum Gasteiger partial charge on any atom is 0.573 e. The van der Waals surface area contributed by atoms with E-state index >= 15 is 0 Å². The van der Waals surface area contributed by atoms with Crippen molar-refractivity contribution in [1.82, 2.24) is 0 Å². The van der Waals surface area contributed by atoms with E-state index in [9.17, 15) is 39.5 Å². The van der Waals surface area contributed by atoms with Gasteiger partial charge in [-0.2, -0.15) is 26.3 Å². The first-order chi connectivity index (χ1) is 11.3. The molecule has 0 aliphatic carbocycles. The Morgan fingerprint density at radius 2 is 1.32 bits per heavy atom. The average molecular weight is 374 g/mol. The number of benzene rings is 2. The van der Waals surface area contributed by atoms with E-state index < -0.39 is 41.2 Å². The molecule has 0 amide bonds. The summed E-state index contributed by atoms with van der Waals surface area (Å²) < 4.78 is 117. The summed E-state index contributed by atoms with van der Waals surface area (Å²) in [6.45, 7) is 0. The van der Waals surface area contributed by atoms with E-state index in [2.05, 4.69) is 4.74 Å². The summed E-state index contributed by atoms with van der Waals surface area (Å²) in [5, 5.41) is 0. The summed E-state index contributed by atoms with van der Waals surface area (Å²) in [5.41, 5.74) is -4.21. The smallest absolute Gasteiger partial charge is 0.406 e. The van der Waals surface area contributed by atoms with E-state index in [1.807, 2.05) is 0 Å². The lowest BCUT2D eigenvalue weighted by Gasteiger charge is -2.17. The Balaban J connectivity index is 2.57. The van der Waals surface area contributed by atoms with E-state index in [0.29, 0.717) is 18.2 Å². The molecular weight excluding hydrogens is 367 g/mol. The number of rotatable bonds is 2. The molecule has 0 saturated carbocycles. The normalized spacial score (nSPS) is 13.0. The Labute approximate surface area is 134 Å². The number of halogens is 9. The third-order valence-corrected chi connectivity index (χ3v) is 3.03.